The van der Waals surface area contributed by atoms with E-state index in [1.54, 1.807) is 10.9 Å². The molecule has 3 aromatic rings. The number of fused-ring (bicyclic) bond motifs is 1. The van der Waals surface area contributed by atoms with Gasteiger partial charge in [0.05, 0.1) is 23.8 Å². The molecule has 1 aromatic heterocycles. The van der Waals surface area contributed by atoms with Gasteiger partial charge in [-0.3, -0.25) is 9.48 Å². The summed E-state index contributed by atoms with van der Waals surface area (Å²) in [7, 11) is 0. The Labute approximate surface area is 186 Å². The van der Waals surface area contributed by atoms with Crippen molar-refractivity contribution in [1.82, 2.24) is 9.78 Å². The molecule has 2 aliphatic rings. The van der Waals surface area contributed by atoms with Crippen LogP contribution >= 0.6 is 11.6 Å². The van der Waals surface area contributed by atoms with Crippen LogP contribution in [0.4, 0.5) is 5.69 Å². The van der Waals surface area contributed by atoms with Crippen molar-refractivity contribution in [3.63, 3.8) is 0 Å². The fourth-order valence-electron chi connectivity index (χ4n) is 4.53. The van der Waals surface area contributed by atoms with Crippen LogP contribution in [-0.2, 0) is 16.8 Å². The summed E-state index contributed by atoms with van der Waals surface area (Å²) in [5, 5.41) is 8.16. The summed E-state index contributed by atoms with van der Waals surface area (Å²) in [5.41, 5.74) is 1.18. The van der Waals surface area contributed by atoms with Crippen LogP contribution < -0.4 is 14.8 Å². The van der Waals surface area contributed by atoms with E-state index in [2.05, 4.69) is 10.4 Å². The third kappa shape index (κ3) is 4.00. The van der Waals surface area contributed by atoms with E-state index in [9.17, 15) is 4.79 Å². The lowest BCUT2D eigenvalue weighted by molar-refractivity contribution is -0.121. The summed E-state index contributed by atoms with van der Waals surface area (Å²) >= 11 is 6.05. The van der Waals surface area contributed by atoms with Crippen LogP contribution in [0.15, 0.2) is 60.9 Å². The minimum Gasteiger partial charge on any atom is -0.486 e. The van der Waals surface area contributed by atoms with E-state index in [1.807, 2.05) is 54.7 Å². The van der Waals surface area contributed by atoms with Gasteiger partial charge in [0.25, 0.3) is 0 Å². The number of ether oxygens (including phenoxy) is 2. The van der Waals surface area contributed by atoms with E-state index in [-0.39, 0.29) is 12.0 Å². The summed E-state index contributed by atoms with van der Waals surface area (Å²) in [6.07, 6.45) is 7.12. The van der Waals surface area contributed by atoms with Crippen molar-refractivity contribution in [2.75, 3.05) is 11.9 Å². The van der Waals surface area contributed by atoms with Crippen LogP contribution in [-0.4, -0.2) is 28.4 Å². The second kappa shape index (κ2) is 8.27. The smallest absolute Gasteiger partial charge is 0.235 e. The van der Waals surface area contributed by atoms with Crippen molar-refractivity contribution in [3.8, 4) is 11.5 Å². The molecule has 1 atom stereocenters. The molecule has 1 unspecified atom stereocenters. The van der Waals surface area contributed by atoms with Gasteiger partial charge in [-0.05, 0) is 42.7 Å². The Morgan fingerprint density at radius 2 is 1.87 bits per heavy atom. The minimum absolute atomic E-state index is 0.0121. The molecule has 7 heteroatoms. The van der Waals surface area contributed by atoms with Crippen molar-refractivity contribution < 1.29 is 14.3 Å². The predicted octanol–water partition coefficient (Wildman–Crippen LogP) is 4.83. The Kier molecular flexibility index (Phi) is 5.32. The summed E-state index contributed by atoms with van der Waals surface area (Å²) in [5.74, 6) is 1.51. The number of nitrogens with zero attached hydrogens (tertiary/aromatic N) is 2. The number of para-hydroxylation sites is 2. The van der Waals surface area contributed by atoms with Crippen LogP contribution in [0.2, 0.25) is 5.02 Å². The number of rotatable bonds is 5. The first-order chi connectivity index (χ1) is 15.1. The minimum atomic E-state index is -0.517. The topological polar surface area (TPSA) is 65.4 Å². The zero-order chi connectivity index (χ0) is 21.3. The van der Waals surface area contributed by atoms with Gasteiger partial charge in [0.15, 0.2) is 17.6 Å². The molecule has 1 aliphatic carbocycles. The highest BCUT2D eigenvalue weighted by molar-refractivity contribution is 6.30. The molecule has 1 saturated carbocycles. The molecule has 2 heterocycles. The Balaban J connectivity index is 1.27. The van der Waals surface area contributed by atoms with Gasteiger partial charge in [0.1, 0.15) is 6.61 Å². The number of anilines is 1. The first kappa shape index (κ1) is 19.9. The second-order valence-electron chi connectivity index (χ2n) is 8.20. The fourth-order valence-corrected chi connectivity index (χ4v) is 4.66. The number of carbonyl (C=O) groups is 1. The first-order valence-electron chi connectivity index (χ1n) is 10.6. The normalized spacial score (nSPS) is 19.2. The molecule has 0 bridgehead atoms. The largest absolute Gasteiger partial charge is 0.486 e. The summed E-state index contributed by atoms with van der Waals surface area (Å²) in [4.78, 5) is 13.3. The van der Waals surface area contributed by atoms with E-state index in [4.69, 9.17) is 21.1 Å². The molecule has 0 saturated heterocycles. The van der Waals surface area contributed by atoms with E-state index in [0.29, 0.717) is 23.9 Å². The lowest BCUT2D eigenvalue weighted by Gasteiger charge is -2.28. The van der Waals surface area contributed by atoms with Crippen molar-refractivity contribution in [2.45, 2.75) is 43.7 Å². The molecule has 1 N–H and O–H groups in total. The zero-order valence-corrected chi connectivity index (χ0v) is 17.8. The number of aromatic nitrogens is 2. The van der Waals surface area contributed by atoms with Gasteiger partial charge in [0, 0.05) is 11.2 Å². The van der Waals surface area contributed by atoms with E-state index in [1.165, 1.54) is 0 Å². The zero-order valence-electron chi connectivity index (χ0n) is 17.1. The maximum atomic E-state index is 13.3. The second-order valence-corrected chi connectivity index (χ2v) is 8.64. The van der Waals surface area contributed by atoms with Gasteiger partial charge < -0.3 is 14.8 Å². The number of halogens is 1. The highest BCUT2D eigenvalue weighted by atomic mass is 35.5. The van der Waals surface area contributed by atoms with Crippen LogP contribution in [0.3, 0.4) is 0 Å². The highest BCUT2D eigenvalue weighted by Gasteiger charge is 2.42. The summed E-state index contributed by atoms with van der Waals surface area (Å²) < 4.78 is 13.6. The number of carbonyl (C=O) groups excluding carboxylic acids is 1. The van der Waals surface area contributed by atoms with Crippen molar-refractivity contribution >= 4 is 23.2 Å². The van der Waals surface area contributed by atoms with Gasteiger partial charge in [-0.2, -0.15) is 5.10 Å². The van der Waals surface area contributed by atoms with Gasteiger partial charge in [-0.15, -0.1) is 0 Å². The Morgan fingerprint density at radius 3 is 2.65 bits per heavy atom. The van der Waals surface area contributed by atoms with Crippen molar-refractivity contribution in [2.24, 2.45) is 0 Å². The molecule has 1 fully saturated rings. The Bertz CT molecular complexity index is 1070. The SMILES string of the molecule is O=C(Nc1cnn(CC2COc3ccccc3O2)c1)C1(c2ccc(Cl)cc2)CCCC1. The van der Waals surface area contributed by atoms with Crippen LogP contribution in [0, 0.1) is 0 Å². The monoisotopic (exact) mass is 437 g/mol. The molecule has 0 radical (unpaired) electrons. The van der Waals surface area contributed by atoms with Gasteiger partial charge in [-0.1, -0.05) is 48.7 Å². The quantitative estimate of drug-likeness (QED) is 0.621. The van der Waals surface area contributed by atoms with Crippen LogP contribution in [0.1, 0.15) is 31.2 Å². The van der Waals surface area contributed by atoms with Crippen LogP contribution in [0.5, 0.6) is 11.5 Å². The molecular weight excluding hydrogens is 414 g/mol. The van der Waals surface area contributed by atoms with Crippen LogP contribution in [0.25, 0.3) is 0 Å². The maximum Gasteiger partial charge on any atom is 0.235 e. The number of hydrogen-bond acceptors (Lipinski definition) is 4. The predicted molar refractivity (Wildman–Crippen MR) is 119 cm³/mol. The average Bonchev–Trinajstić information content (AvgIpc) is 3.45. The fraction of sp³-hybridized carbons (Fsp3) is 0.333. The Hall–Kier alpha value is -2.99. The van der Waals surface area contributed by atoms with Gasteiger partial charge in [0.2, 0.25) is 5.91 Å². The van der Waals surface area contributed by atoms with E-state index in [0.717, 1.165) is 42.7 Å². The maximum absolute atomic E-state index is 13.3. The average molecular weight is 438 g/mol. The molecule has 0 spiro atoms. The van der Waals surface area contributed by atoms with E-state index >= 15 is 0 Å². The molecule has 160 valence electrons. The number of nitrogens with one attached hydrogen (secondary N) is 1. The summed E-state index contributed by atoms with van der Waals surface area (Å²) in [6.45, 7) is 0.991. The molecule has 5 rings (SSSR count). The first-order valence-corrected chi connectivity index (χ1v) is 11.0. The number of hydrogen-bond donors (Lipinski definition) is 1. The third-order valence-electron chi connectivity index (χ3n) is 6.14. The van der Waals surface area contributed by atoms with Gasteiger partial charge in [-0.25, -0.2) is 0 Å². The summed E-state index contributed by atoms with van der Waals surface area (Å²) in [6, 6.07) is 15.3. The molecule has 2 aromatic carbocycles. The third-order valence-corrected chi connectivity index (χ3v) is 6.39. The molecule has 1 aliphatic heterocycles. The molecule has 31 heavy (non-hydrogen) atoms. The standard InChI is InChI=1S/C24H24ClN3O3/c25-18-9-7-17(8-10-18)24(11-3-4-12-24)23(29)27-19-13-26-28(14-19)15-20-16-30-21-5-1-2-6-22(21)31-20/h1-2,5-10,13-14,20H,3-4,11-12,15-16H2,(H,27,29). The van der Waals surface area contributed by atoms with E-state index < -0.39 is 5.41 Å². The number of benzene rings is 2. The highest BCUT2D eigenvalue weighted by Crippen LogP contribution is 2.42. The molecule has 6 nitrogen and oxygen atoms in total. The van der Waals surface area contributed by atoms with Crippen molar-refractivity contribution in [3.05, 3.63) is 71.5 Å². The molecular formula is C24H24ClN3O3. The van der Waals surface area contributed by atoms with Crippen molar-refractivity contribution in [1.29, 1.82) is 0 Å². The number of amides is 1. The lowest BCUT2D eigenvalue weighted by atomic mass is 9.78. The Morgan fingerprint density at radius 1 is 1.13 bits per heavy atom. The van der Waals surface area contributed by atoms with Gasteiger partial charge >= 0.3 is 0 Å². The molecule has 1 amide bonds. The lowest BCUT2D eigenvalue weighted by Crippen LogP contribution is -2.37.